The van der Waals surface area contributed by atoms with Crippen LogP contribution in [-0.4, -0.2) is 25.5 Å². The number of benzene rings is 3. The lowest BCUT2D eigenvalue weighted by Gasteiger charge is -2.13. The zero-order valence-corrected chi connectivity index (χ0v) is 19.4. The summed E-state index contributed by atoms with van der Waals surface area (Å²) in [6.07, 6.45) is 0.623. The predicted molar refractivity (Wildman–Crippen MR) is 128 cm³/mol. The van der Waals surface area contributed by atoms with Gasteiger partial charge in [0.05, 0.1) is 13.7 Å². The topological polar surface area (TPSA) is 61.8 Å². The summed E-state index contributed by atoms with van der Waals surface area (Å²) in [6.45, 7) is 5.20. The third kappa shape index (κ3) is 7.21. The van der Waals surface area contributed by atoms with E-state index < -0.39 is 0 Å². The Kier molecular flexibility index (Phi) is 8.64. The number of hydrogen-bond acceptors (Lipinski definition) is 5. The van der Waals surface area contributed by atoms with Crippen molar-refractivity contribution < 1.29 is 23.8 Å². The van der Waals surface area contributed by atoms with Gasteiger partial charge in [-0.2, -0.15) is 0 Å². The summed E-state index contributed by atoms with van der Waals surface area (Å²) in [5.41, 5.74) is 2.94. The minimum atomic E-state index is -0.308. The van der Waals surface area contributed by atoms with Crippen LogP contribution >= 0.6 is 0 Å². The third-order valence-electron chi connectivity index (χ3n) is 5.09. The summed E-state index contributed by atoms with van der Waals surface area (Å²) in [4.78, 5) is 24.8. The van der Waals surface area contributed by atoms with Gasteiger partial charge >= 0.3 is 5.97 Å². The molecule has 0 aliphatic carbocycles. The highest BCUT2D eigenvalue weighted by molar-refractivity contribution is 6.09. The number of esters is 1. The van der Waals surface area contributed by atoms with Gasteiger partial charge in [0, 0.05) is 17.5 Å². The van der Waals surface area contributed by atoms with Crippen LogP contribution in [0.25, 0.3) is 0 Å². The second kappa shape index (κ2) is 11.9. The summed E-state index contributed by atoms with van der Waals surface area (Å²) in [6, 6.07) is 22.4. The van der Waals surface area contributed by atoms with Crippen molar-refractivity contribution in [2.24, 2.45) is 5.92 Å². The summed E-state index contributed by atoms with van der Waals surface area (Å²) in [5.74, 6) is 1.41. The third-order valence-corrected chi connectivity index (χ3v) is 5.09. The Morgan fingerprint density at radius 2 is 1.55 bits per heavy atom. The van der Waals surface area contributed by atoms with E-state index in [2.05, 4.69) is 13.8 Å². The van der Waals surface area contributed by atoms with Crippen molar-refractivity contribution in [3.05, 3.63) is 95.1 Å². The van der Waals surface area contributed by atoms with Crippen LogP contribution in [0.3, 0.4) is 0 Å². The number of carbonyl (C=O) groups excluding carboxylic acids is 2. The van der Waals surface area contributed by atoms with E-state index in [4.69, 9.17) is 14.2 Å². The molecule has 5 heteroatoms. The van der Waals surface area contributed by atoms with E-state index in [9.17, 15) is 9.59 Å². The van der Waals surface area contributed by atoms with Gasteiger partial charge in [0.1, 0.15) is 18.1 Å². The molecule has 5 nitrogen and oxygen atoms in total. The van der Waals surface area contributed by atoms with Crippen LogP contribution in [0.15, 0.2) is 72.8 Å². The van der Waals surface area contributed by atoms with Crippen LogP contribution in [0.1, 0.15) is 47.3 Å². The molecule has 0 aromatic heterocycles. The molecule has 0 unspecified atom stereocenters. The van der Waals surface area contributed by atoms with E-state index >= 15 is 0 Å². The number of rotatable bonds is 11. The molecule has 33 heavy (non-hydrogen) atoms. The maximum absolute atomic E-state index is 13.1. The summed E-state index contributed by atoms with van der Waals surface area (Å²) in [5, 5.41) is 0. The van der Waals surface area contributed by atoms with Crippen molar-refractivity contribution >= 4 is 11.8 Å². The number of methoxy groups -OCH3 is 1. The van der Waals surface area contributed by atoms with Crippen molar-refractivity contribution in [1.29, 1.82) is 0 Å². The molecule has 0 fully saturated rings. The Balaban J connectivity index is 1.78. The maximum Gasteiger partial charge on any atom is 0.305 e. The van der Waals surface area contributed by atoms with E-state index in [1.165, 1.54) is 7.11 Å². The first-order chi connectivity index (χ1) is 16.0. The molecule has 3 aromatic rings. The lowest BCUT2D eigenvalue weighted by Crippen LogP contribution is -2.07. The fourth-order valence-corrected chi connectivity index (χ4v) is 3.26. The maximum atomic E-state index is 13.1. The standard InChI is InChI=1S/C28H30O5/c1-20(2)18-32-25-13-9-22(10-14-25)28(30)24-11-15-26(23(17-24)12-16-27(29)31-3)33-19-21-7-5-4-6-8-21/h4-11,13-15,17,20H,12,16,18-19H2,1-3H3. The molecule has 0 aliphatic rings. The Hall–Kier alpha value is -3.60. The van der Waals surface area contributed by atoms with Crippen molar-refractivity contribution in [2.45, 2.75) is 33.3 Å². The van der Waals surface area contributed by atoms with Crippen molar-refractivity contribution in [1.82, 2.24) is 0 Å². The van der Waals surface area contributed by atoms with Crippen LogP contribution in [0.2, 0.25) is 0 Å². The van der Waals surface area contributed by atoms with Gasteiger partial charge in [-0.05, 0) is 65.9 Å². The average molecular weight is 447 g/mol. The van der Waals surface area contributed by atoms with Gasteiger partial charge in [0.15, 0.2) is 5.78 Å². The van der Waals surface area contributed by atoms with Gasteiger partial charge in [-0.1, -0.05) is 44.2 Å². The summed E-state index contributed by atoms with van der Waals surface area (Å²) < 4.78 is 16.5. The molecular weight excluding hydrogens is 416 g/mol. The van der Waals surface area contributed by atoms with Gasteiger partial charge in [-0.25, -0.2) is 0 Å². The van der Waals surface area contributed by atoms with Crippen molar-refractivity contribution in [3.8, 4) is 11.5 Å². The molecule has 0 atom stereocenters. The van der Waals surface area contributed by atoms with Crippen molar-refractivity contribution in [3.63, 3.8) is 0 Å². The second-order valence-corrected chi connectivity index (χ2v) is 8.23. The van der Waals surface area contributed by atoms with Gasteiger partial charge < -0.3 is 14.2 Å². The normalized spacial score (nSPS) is 10.7. The van der Waals surface area contributed by atoms with Gasteiger partial charge in [-0.15, -0.1) is 0 Å². The monoisotopic (exact) mass is 446 g/mol. The Bertz CT molecular complexity index is 1060. The highest BCUT2D eigenvalue weighted by atomic mass is 16.5. The fraction of sp³-hybridized carbons (Fsp3) is 0.286. The van der Waals surface area contributed by atoms with E-state index in [1.807, 2.05) is 42.5 Å². The highest BCUT2D eigenvalue weighted by Crippen LogP contribution is 2.25. The fourth-order valence-electron chi connectivity index (χ4n) is 3.26. The molecule has 172 valence electrons. The van der Waals surface area contributed by atoms with Crippen molar-refractivity contribution in [2.75, 3.05) is 13.7 Å². The second-order valence-electron chi connectivity index (χ2n) is 8.23. The van der Waals surface area contributed by atoms with Crippen LogP contribution in [0.5, 0.6) is 11.5 Å². The van der Waals surface area contributed by atoms with E-state index in [0.29, 0.717) is 42.4 Å². The van der Waals surface area contributed by atoms with E-state index in [0.717, 1.165) is 16.9 Å². The van der Waals surface area contributed by atoms with Crippen LogP contribution in [-0.2, 0) is 22.6 Å². The lowest BCUT2D eigenvalue weighted by molar-refractivity contribution is -0.140. The predicted octanol–water partition coefficient (Wildman–Crippen LogP) is 5.64. The highest BCUT2D eigenvalue weighted by Gasteiger charge is 2.14. The minimum Gasteiger partial charge on any atom is -0.493 e. The number of aryl methyl sites for hydroxylation is 1. The average Bonchev–Trinajstić information content (AvgIpc) is 2.85. The number of hydrogen-bond donors (Lipinski definition) is 0. The SMILES string of the molecule is COC(=O)CCc1cc(C(=O)c2ccc(OCC(C)C)cc2)ccc1OCc1ccccc1. The Morgan fingerprint density at radius 1 is 0.848 bits per heavy atom. The molecule has 3 aromatic carbocycles. The quantitative estimate of drug-likeness (QED) is 0.282. The molecule has 3 rings (SSSR count). The molecule has 0 spiro atoms. The molecule has 0 bridgehead atoms. The van der Waals surface area contributed by atoms with E-state index in [1.54, 1.807) is 30.3 Å². The Labute approximate surface area is 195 Å². The summed E-state index contributed by atoms with van der Waals surface area (Å²) in [7, 11) is 1.36. The molecule has 0 N–H and O–H groups in total. The summed E-state index contributed by atoms with van der Waals surface area (Å²) >= 11 is 0. The van der Waals surface area contributed by atoms with Crippen LogP contribution in [0, 0.1) is 5.92 Å². The molecule has 0 saturated heterocycles. The number of ketones is 1. The van der Waals surface area contributed by atoms with E-state index in [-0.39, 0.29) is 18.2 Å². The zero-order chi connectivity index (χ0) is 23.6. The first kappa shape index (κ1) is 24.1. The van der Waals surface area contributed by atoms with Gasteiger partial charge in [-0.3, -0.25) is 9.59 Å². The first-order valence-corrected chi connectivity index (χ1v) is 11.1. The molecule has 0 saturated carbocycles. The van der Waals surface area contributed by atoms with Gasteiger partial charge in [0.25, 0.3) is 0 Å². The molecule has 0 heterocycles. The van der Waals surface area contributed by atoms with Crippen LogP contribution < -0.4 is 9.47 Å². The molecular formula is C28H30O5. The number of ether oxygens (including phenoxy) is 3. The minimum absolute atomic E-state index is 0.0978. The largest absolute Gasteiger partial charge is 0.493 e. The Morgan fingerprint density at radius 3 is 2.21 bits per heavy atom. The lowest BCUT2D eigenvalue weighted by atomic mass is 9.98. The number of carbonyl (C=O) groups is 2. The zero-order valence-electron chi connectivity index (χ0n) is 19.4. The van der Waals surface area contributed by atoms with Gasteiger partial charge in [0.2, 0.25) is 0 Å². The smallest absolute Gasteiger partial charge is 0.305 e. The first-order valence-electron chi connectivity index (χ1n) is 11.1. The van der Waals surface area contributed by atoms with Crippen LogP contribution in [0.4, 0.5) is 0 Å². The molecule has 0 radical (unpaired) electrons. The molecule has 0 aliphatic heterocycles. The molecule has 0 amide bonds.